The minimum Gasteiger partial charge on any atom is -0.366 e. The zero-order chi connectivity index (χ0) is 10.0. The lowest BCUT2D eigenvalue weighted by molar-refractivity contribution is 0.302. The monoisotopic (exact) mass is 264 g/mol. The fourth-order valence-electron chi connectivity index (χ4n) is 3.34. The third kappa shape index (κ3) is 0.981. The molecule has 1 aliphatic carbocycles. The molecule has 0 radical (unpaired) electrons. The lowest BCUT2D eigenvalue weighted by Crippen LogP contribution is -2.58. The first-order valence-electron chi connectivity index (χ1n) is 5.55. The highest BCUT2D eigenvalue weighted by Gasteiger charge is 2.71. The second-order valence-corrected chi connectivity index (χ2v) is 5.93. The quantitative estimate of drug-likeness (QED) is 0.835. The van der Waals surface area contributed by atoms with Gasteiger partial charge in [0, 0.05) is 34.7 Å². The van der Waals surface area contributed by atoms with Crippen molar-refractivity contribution in [1.29, 1.82) is 0 Å². The SMILES string of the molecule is Brc1ccc(N2CC34CC3NCC24)cc1. The van der Waals surface area contributed by atoms with E-state index in [2.05, 4.69) is 50.4 Å². The Kier molecular flexibility index (Phi) is 1.48. The van der Waals surface area contributed by atoms with Crippen molar-refractivity contribution in [2.45, 2.75) is 18.5 Å². The highest BCUT2D eigenvalue weighted by atomic mass is 79.9. The minimum atomic E-state index is 0.674. The number of nitrogens with zero attached hydrogens (tertiary/aromatic N) is 1. The Morgan fingerprint density at radius 2 is 2.13 bits per heavy atom. The van der Waals surface area contributed by atoms with E-state index in [4.69, 9.17) is 0 Å². The van der Waals surface area contributed by atoms with E-state index in [0.29, 0.717) is 5.41 Å². The van der Waals surface area contributed by atoms with Crippen LogP contribution in [0.2, 0.25) is 0 Å². The number of piperidine rings is 1. The molecule has 78 valence electrons. The molecule has 2 nitrogen and oxygen atoms in total. The van der Waals surface area contributed by atoms with Crippen LogP contribution in [0.25, 0.3) is 0 Å². The highest BCUT2D eigenvalue weighted by Crippen LogP contribution is 2.61. The van der Waals surface area contributed by atoms with Crippen LogP contribution in [0.4, 0.5) is 5.69 Å². The van der Waals surface area contributed by atoms with Crippen LogP contribution in [0.1, 0.15) is 6.42 Å². The number of rotatable bonds is 1. The maximum absolute atomic E-state index is 3.61. The van der Waals surface area contributed by atoms with Gasteiger partial charge in [-0.05, 0) is 30.7 Å². The van der Waals surface area contributed by atoms with Gasteiger partial charge in [0.15, 0.2) is 0 Å². The van der Waals surface area contributed by atoms with Gasteiger partial charge in [0.25, 0.3) is 0 Å². The zero-order valence-corrected chi connectivity index (χ0v) is 10.00. The average molecular weight is 265 g/mol. The van der Waals surface area contributed by atoms with E-state index in [0.717, 1.165) is 16.6 Å². The largest absolute Gasteiger partial charge is 0.366 e. The first kappa shape index (κ1) is 8.59. The second-order valence-electron chi connectivity index (χ2n) is 5.02. The molecule has 3 aliphatic rings. The van der Waals surface area contributed by atoms with Crippen LogP contribution < -0.4 is 10.2 Å². The van der Waals surface area contributed by atoms with Crippen LogP contribution in [0, 0.1) is 5.41 Å². The molecule has 1 aromatic rings. The van der Waals surface area contributed by atoms with Gasteiger partial charge < -0.3 is 10.2 Å². The van der Waals surface area contributed by atoms with Crippen molar-refractivity contribution < 1.29 is 0 Å². The summed E-state index contributed by atoms with van der Waals surface area (Å²) in [5.41, 5.74) is 2.05. The summed E-state index contributed by atoms with van der Waals surface area (Å²) in [7, 11) is 0. The van der Waals surface area contributed by atoms with Gasteiger partial charge in [-0.3, -0.25) is 0 Å². The van der Waals surface area contributed by atoms with E-state index in [-0.39, 0.29) is 0 Å². The first-order chi connectivity index (χ1) is 7.29. The molecule has 2 heterocycles. The number of benzene rings is 1. The molecule has 3 atom stereocenters. The molecule has 1 aromatic carbocycles. The molecule has 1 saturated carbocycles. The van der Waals surface area contributed by atoms with Gasteiger partial charge in [-0.25, -0.2) is 0 Å². The molecular weight excluding hydrogens is 252 g/mol. The molecule has 0 bridgehead atoms. The van der Waals surface area contributed by atoms with E-state index < -0.39 is 0 Å². The highest BCUT2D eigenvalue weighted by molar-refractivity contribution is 9.10. The number of hydrogen-bond donors (Lipinski definition) is 1. The average Bonchev–Trinajstić information content (AvgIpc) is 2.87. The lowest BCUT2D eigenvalue weighted by atomic mass is 9.86. The van der Waals surface area contributed by atoms with Gasteiger partial charge in [-0.2, -0.15) is 0 Å². The van der Waals surface area contributed by atoms with E-state index in [1.807, 2.05) is 0 Å². The number of halogens is 1. The molecule has 15 heavy (non-hydrogen) atoms. The summed E-state index contributed by atoms with van der Waals surface area (Å²) in [6, 6.07) is 10.3. The summed E-state index contributed by atoms with van der Waals surface area (Å²) in [4.78, 5) is 2.55. The number of hydrogen-bond acceptors (Lipinski definition) is 2. The summed E-state index contributed by atoms with van der Waals surface area (Å²) in [6.07, 6.45) is 1.41. The summed E-state index contributed by atoms with van der Waals surface area (Å²) in [6.45, 7) is 2.44. The van der Waals surface area contributed by atoms with Crippen LogP contribution in [-0.4, -0.2) is 25.2 Å². The van der Waals surface area contributed by atoms with Gasteiger partial charge in [0.2, 0.25) is 0 Å². The standard InChI is InChI=1S/C12H13BrN2/c13-8-1-3-9(4-2-8)15-7-12-5-10(12)14-6-11(12)15/h1-4,10-11,14H,5-7H2. The van der Waals surface area contributed by atoms with Gasteiger partial charge in [-0.1, -0.05) is 15.9 Å². The zero-order valence-electron chi connectivity index (χ0n) is 8.41. The van der Waals surface area contributed by atoms with Crippen molar-refractivity contribution in [2.75, 3.05) is 18.0 Å². The fraction of sp³-hybridized carbons (Fsp3) is 0.500. The van der Waals surface area contributed by atoms with Crippen LogP contribution in [0.3, 0.4) is 0 Å². The summed E-state index contributed by atoms with van der Waals surface area (Å²) >= 11 is 3.48. The van der Waals surface area contributed by atoms with Crippen molar-refractivity contribution >= 4 is 21.6 Å². The Morgan fingerprint density at radius 1 is 1.33 bits per heavy atom. The maximum atomic E-state index is 3.61. The number of anilines is 1. The molecule has 1 N–H and O–H groups in total. The molecule has 3 unspecified atom stereocenters. The van der Waals surface area contributed by atoms with Crippen LogP contribution in [0.15, 0.2) is 28.7 Å². The van der Waals surface area contributed by atoms with Crippen molar-refractivity contribution in [3.63, 3.8) is 0 Å². The third-order valence-corrected chi connectivity index (χ3v) is 4.87. The first-order valence-corrected chi connectivity index (χ1v) is 6.34. The van der Waals surface area contributed by atoms with Gasteiger partial charge in [-0.15, -0.1) is 0 Å². The smallest absolute Gasteiger partial charge is 0.0503 e. The summed E-state index contributed by atoms with van der Waals surface area (Å²) in [5.74, 6) is 0. The molecule has 3 fully saturated rings. The van der Waals surface area contributed by atoms with Crippen LogP contribution in [0.5, 0.6) is 0 Å². The van der Waals surface area contributed by atoms with E-state index in [9.17, 15) is 0 Å². The van der Waals surface area contributed by atoms with Gasteiger partial charge in [0.05, 0.1) is 6.04 Å². The van der Waals surface area contributed by atoms with E-state index >= 15 is 0 Å². The molecule has 3 heteroatoms. The van der Waals surface area contributed by atoms with Gasteiger partial charge in [0.1, 0.15) is 0 Å². The number of nitrogens with one attached hydrogen (secondary N) is 1. The Labute approximate surface area is 97.8 Å². The summed E-state index contributed by atoms with van der Waals surface area (Å²) in [5, 5.41) is 3.61. The Balaban J connectivity index is 1.63. The molecule has 2 saturated heterocycles. The predicted molar refractivity (Wildman–Crippen MR) is 64.1 cm³/mol. The Morgan fingerprint density at radius 3 is 2.80 bits per heavy atom. The topological polar surface area (TPSA) is 15.3 Å². The van der Waals surface area contributed by atoms with Crippen molar-refractivity contribution in [3.05, 3.63) is 28.7 Å². The van der Waals surface area contributed by atoms with Crippen molar-refractivity contribution in [3.8, 4) is 0 Å². The second kappa shape index (κ2) is 2.58. The molecule has 2 aliphatic heterocycles. The van der Waals surface area contributed by atoms with E-state index in [1.54, 1.807) is 0 Å². The minimum absolute atomic E-state index is 0.674. The molecule has 4 rings (SSSR count). The molecule has 0 aromatic heterocycles. The normalized spacial score (nSPS) is 40.7. The predicted octanol–water partition coefficient (Wildman–Crippen LogP) is 2.00. The van der Waals surface area contributed by atoms with Crippen molar-refractivity contribution in [1.82, 2.24) is 5.32 Å². The fourth-order valence-corrected chi connectivity index (χ4v) is 3.61. The van der Waals surface area contributed by atoms with Crippen molar-refractivity contribution in [2.24, 2.45) is 5.41 Å². The third-order valence-electron chi connectivity index (χ3n) is 4.34. The van der Waals surface area contributed by atoms with Gasteiger partial charge >= 0.3 is 0 Å². The molecule has 1 spiro atoms. The molecule has 0 amide bonds. The summed E-state index contributed by atoms with van der Waals surface area (Å²) < 4.78 is 1.16. The van der Waals surface area contributed by atoms with Crippen LogP contribution >= 0.6 is 15.9 Å². The lowest BCUT2D eigenvalue weighted by Gasteiger charge is -2.48. The molecular formula is C12H13BrN2. The van der Waals surface area contributed by atoms with E-state index in [1.165, 1.54) is 25.2 Å². The maximum Gasteiger partial charge on any atom is 0.0503 e. The Bertz CT molecular complexity index is 414. The Hall–Kier alpha value is -0.540. The van der Waals surface area contributed by atoms with Crippen LogP contribution in [-0.2, 0) is 0 Å².